The standard InChI is InChI=1S/C32H44N2O7Si/c1-31(2,3)41-30(39)34(17-20-10-11-24(29(37)38)26(16-20)40-7)18-21(19-42(8,9)32(4,5)6)22-12-14-25(35)28-23(22)13-15-27(36)33-28/h10-16,21,35H,17-19H2,1-9H3,(H,33,36)(H,37,38)/t21-/m1/s1. The number of amides is 1. The summed E-state index contributed by atoms with van der Waals surface area (Å²) in [7, 11) is -0.527. The van der Waals surface area contributed by atoms with Crippen molar-refractivity contribution in [1.29, 1.82) is 0 Å². The van der Waals surface area contributed by atoms with Gasteiger partial charge in [-0.05, 0) is 67.2 Å². The highest BCUT2D eigenvalue weighted by Gasteiger charge is 2.39. The Bertz CT molecular complexity index is 1520. The summed E-state index contributed by atoms with van der Waals surface area (Å²) in [6.07, 6.45) is -0.500. The van der Waals surface area contributed by atoms with Gasteiger partial charge in [0.05, 0.1) is 20.7 Å². The number of nitrogens with one attached hydrogen (secondary N) is 1. The highest BCUT2D eigenvalue weighted by molar-refractivity contribution is 6.80. The van der Waals surface area contributed by atoms with E-state index < -0.39 is 25.7 Å². The third-order valence-electron chi connectivity index (χ3n) is 8.10. The first-order valence-electron chi connectivity index (χ1n) is 14.1. The number of carbonyl (C=O) groups is 2. The number of phenols is 1. The molecule has 0 aliphatic rings. The SMILES string of the molecule is COc1cc(CN(C[C@H](C[Si](C)(C)C(C)(C)C)c2ccc(O)c3[nH]c(=O)ccc23)C(=O)OC(C)(C)C)ccc1C(=O)O. The minimum Gasteiger partial charge on any atom is -0.506 e. The number of phenolic OH excluding ortho intramolecular Hbond substituents is 1. The molecular weight excluding hydrogens is 552 g/mol. The Morgan fingerprint density at radius 2 is 1.69 bits per heavy atom. The number of methoxy groups -OCH3 is 1. The Kier molecular flexibility index (Phi) is 9.51. The summed E-state index contributed by atoms with van der Waals surface area (Å²) in [5.41, 5.74) is 0.943. The third-order valence-corrected chi connectivity index (χ3v) is 13.7. The van der Waals surface area contributed by atoms with Crippen molar-refractivity contribution in [1.82, 2.24) is 9.88 Å². The van der Waals surface area contributed by atoms with Crippen LogP contribution in [-0.2, 0) is 11.3 Å². The van der Waals surface area contributed by atoms with Crippen molar-refractivity contribution < 1.29 is 29.3 Å². The molecule has 9 nitrogen and oxygen atoms in total. The van der Waals surface area contributed by atoms with Crippen LogP contribution in [0, 0.1) is 0 Å². The van der Waals surface area contributed by atoms with Crippen LogP contribution in [0.2, 0.25) is 24.2 Å². The first-order valence-corrected chi connectivity index (χ1v) is 17.3. The van der Waals surface area contributed by atoms with E-state index >= 15 is 0 Å². The molecule has 0 radical (unpaired) electrons. The van der Waals surface area contributed by atoms with E-state index in [1.165, 1.54) is 19.2 Å². The van der Waals surface area contributed by atoms with Crippen LogP contribution in [0.4, 0.5) is 4.79 Å². The second-order valence-corrected chi connectivity index (χ2v) is 19.2. The van der Waals surface area contributed by atoms with Crippen LogP contribution in [0.15, 0.2) is 47.3 Å². The Morgan fingerprint density at radius 1 is 1.02 bits per heavy atom. The van der Waals surface area contributed by atoms with Crippen molar-refractivity contribution in [3.8, 4) is 11.5 Å². The monoisotopic (exact) mass is 596 g/mol. The molecule has 0 saturated carbocycles. The molecule has 0 saturated heterocycles. The molecule has 0 aliphatic heterocycles. The summed E-state index contributed by atoms with van der Waals surface area (Å²) in [4.78, 5) is 41.9. The van der Waals surface area contributed by atoms with Crippen LogP contribution in [-0.4, -0.2) is 59.5 Å². The fraction of sp³-hybridized carbons (Fsp3) is 0.469. The molecule has 1 amide bonds. The molecule has 3 N–H and O–H groups in total. The summed E-state index contributed by atoms with van der Waals surface area (Å²) in [6, 6.07) is 12.2. The van der Waals surface area contributed by atoms with Crippen LogP contribution in [0.3, 0.4) is 0 Å². The zero-order valence-electron chi connectivity index (χ0n) is 26.1. The van der Waals surface area contributed by atoms with Gasteiger partial charge in [0.25, 0.3) is 0 Å². The molecular formula is C32H44N2O7Si. The van der Waals surface area contributed by atoms with Gasteiger partial charge in [0.2, 0.25) is 5.56 Å². The zero-order valence-corrected chi connectivity index (χ0v) is 27.1. The average Bonchev–Trinajstić information content (AvgIpc) is 2.86. The van der Waals surface area contributed by atoms with Crippen LogP contribution < -0.4 is 10.3 Å². The number of hydrogen-bond donors (Lipinski definition) is 3. The van der Waals surface area contributed by atoms with E-state index in [2.05, 4.69) is 38.8 Å². The maximum absolute atomic E-state index is 13.7. The predicted molar refractivity (Wildman–Crippen MR) is 168 cm³/mol. The number of nitrogens with zero attached hydrogens (tertiary/aromatic N) is 1. The smallest absolute Gasteiger partial charge is 0.410 e. The number of ether oxygens (including phenoxy) is 2. The Morgan fingerprint density at radius 3 is 2.26 bits per heavy atom. The van der Waals surface area contributed by atoms with Gasteiger partial charge in [-0.3, -0.25) is 4.79 Å². The fourth-order valence-electron chi connectivity index (χ4n) is 4.84. The van der Waals surface area contributed by atoms with Crippen molar-refractivity contribution in [2.45, 2.75) is 83.8 Å². The number of carboxylic acid groups (broad SMARTS) is 1. The van der Waals surface area contributed by atoms with E-state index in [0.29, 0.717) is 17.6 Å². The first-order chi connectivity index (χ1) is 19.3. The van der Waals surface area contributed by atoms with Crippen LogP contribution in [0.5, 0.6) is 11.5 Å². The van der Waals surface area contributed by atoms with Crippen molar-refractivity contribution in [2.24, 2.45) is 0 Å². The summed E-state index contributed by atoms with van der Waals surface area (Å²) >= 11 is 0. The maximum atomic E-state index is 13.7. The number of fused-ring (bicyclic) bond motifs is 1. The summed E-state index contributed by atoms with van der Waals surface area (Å²) in [5, 5.41) is 20.9. The molecule has 42 heavy (non-hydrogen) atoms. The van der Waals surface area contributed by atoms with Crippen LogP contribution >= 0.6 is 0 Å². The van der Waals surface area contributed by atoms with Crippen LogP contribution in [0.1, 0.15) is 68.9 Å². The van der Waals surface area contributed by atoms with Gasteiger partial charge in [-0.25, -0.2) is 9.59 Å². The Balaban J connectivity index is 2.16. The molecule has 0 bridgehead atoms. The van der Waals surface area contributed by atoms with Gasteiger partial charge in [0.15, 0.2) is 0 Å². The number of carboxylic acids is 1. The number of hydrogen-bond acceptors (Lipinski definition) is 6. The molecule has 1 atom stereocenters. The minimum absolute atomic E-state index is 0.0212. The molecule has 0 aliphatic carbocycles. The van der Waals surface area contributed by atoms with Crippen molar-refractivity contribution in [2.75, 3.05) is 13.7 Å². The summed E-state index contributed by atoms with van der Waals surface area (Å²) in [5.74, 6) is -1.08. The number of aromatic hydroxyl groups is 1. The van der Waals surface area contributed by atoms with Crippen molar-refractivity contribution >= 4 is 31.0 Å². The second-order valence-electron chi connectivity index (χ2n) is 13.5. The largest absolute Gasteiger partial charge is 0.506 e. The lowest BCUT2D eigenvalue weighted by Crippen LogP contribution is -2.43. The molecule has 228 valence electrons. The highest BCUT2D eigenvalue weighted by atomic mass is 28.3. The fourth-order valence-corrected chi connectivity index (χ4v) is 7.03. The van der Waals surface area contributed by atoms with Gasteiger partial charge >= 0.3 is 12.1 Å². The number of H-pyrrole nitrogens is 1. The zero-order chi connectivity index (χ0) is 31.6. The minimum atomic E-state index is -1.94. The quantitative estimate of drug-likeness (QED) is 0.228. The molecule has 3 aromatic rings. The third kappa shape index (κ3) is 7.73. The van der Waals surface area contributed by atoms with Crippen molar-refractivity contribution in [3.05, 3.63) is 69.5 Å². The van der Waals surface area contributed by atoms with Gasteiger partial charge in [-0.1, -0.05) is 46.0 Å². The number of aromatic nitrogens is 1. The van der Waals surface area contributed by atoms with E-state index in [0.717, 1.165) is 17.0 Å². The van der Waals surface area contributed by atoms with E-state index in [-0.39, 0.29) is 40.1 Å². The molecule has 1 aromatic heterocycles. The Hall–Kier alpha value is -3.79. The van der Waals surface area contributed by atoms with E-state index in [1.807, 2.05) is 26.8 Å². The normalized spacial score (nSPS) is 13.1. The second kappa shape index (κ2) is 12.2. The van der Waals surface area contributed by atoms with Crippen molar-refractivity contribution in [3.63, 3.8) is 0 Å². The summed E-state index contributed by atoms with van der Waals surface area (Å²) in [6.45, 7) is 17.3. The van der Waals surface area contributed by atoms with Gasteiger partial charge < -0.3 is 29.6 Å². The molecule has 1 heterocycles. The van der Waals surface area contributed by atoms with Crippen LogP contribution in [0.25, 0.3) is 10.9 Å². The molecule has 0 unspecified atom stereocenters. The number of benzene rings is 2. The van der Waals surface area contributed by atoms with E-state index in [9.17, 15) is 24.6 Å². The number of aromatic amines is 1. The average molecular weight is 597 g/mol. The molecule has 0 spiro atoms. The maximum Gasteiger partial charge on any atom is 0.410 e. The number of pyridine rings is 1. The molecule has 2 aromatic carbocycles. The van der Waals surface area contributed by atoms with Gasteiger partial charge in [0, 0.05) is 30.5 Å². The van der Waals surface area contributed by atoms with E-state index in [1.54, 1.807) is 29.2 Å². The lowest BCUT2D eigenvalue weighted by Gasteiger charge is -2.41. The van der Waals surface area contributed by atoms with Gasteiger partial charge in [0.1, 0.15) is 22.7 Å². The number of rotatable bonds is 9. The first kappa shape index (κ1) is 32.7. The highest BCUT2D eigenvalue weighted by Crippen LogP contribution is 2.44. The molecule has 3 rings (SSSR count). The molecule has 10 heteroatoms. The summed E-state index contributed by atoms with van der Waals surface area (Å²) < 4.78 is 11.2. The Labute approximate surface area is 248 Å². The van der Waals surface area contributed by atoms with Gasteiger partial charge in [-0.15, -0.1) is 0 Å². The predicted octanol–water partition coefficient (Wildman–Crippen LogP) is 6.97. The van der Waals surface area contributed by atoms with E-state index in [4.69, 9.17) is 9.47 Å². The molecule has 0 fully saturated rings. The number of carbonyl (C=O) groups excluding carboxylic acids is 1. The lowest BCUT2D eigenvalue weighted by molar-refractivity contribution is 0.0223. The topological polar surface area (TPSA) is 129 Å². The van der Waals surface area contributed by atoms with Gasteiger partial charge in [-0.2, -0.15) is 0 Å². The lowest BCUT2D eigenvalue weighted by atomic mass is 9.95. The number of aromatic carboxylic acids is 1.